The number of amides is 1. The molecule has 0 fully saturated rings. The van der Waals surface area contributed by atoms with Gasteiger partial charge < -0.3 is 14.6 Å². The Hall–Kier alpha value is -2.70. The Kier molecular flexibility index (Phi) is 3.39. The van der Waals surface area contributed by atoms with Crippen molar-refractivity contribution in [3.8, 4) is 0 Å². The average Bonchev–Trinajstić information content (AvgIpc) is 3.00. The molecule has 7 heteroatoms. The Balaban J connectivity index is 1.94. The molecule has 1 aliphatic rings. The van der Waals surface area contributed by atoms with Crippen LogP contribution in [-0.4, -0.2) is 44.9 Å². The number of nitrogens with one attached hydrogen (secondary N) is 1. The monoisotopic (exact) mass is 286 g/mol. The highest BCUT2D eigenvalue weighted by Gasteiger charge is 2.37. The molecule has 108 valence electrons. The van der Waals surface area contributed by atoms with Gasteiger partial charge in [-0.05, 0) is 12.1 Å². The lowest BCUT2D eigenvalue weighted by molar-refractivity contribution is -0.146. The van der Waals surface area contributed by atoms with E-state index in [0.29, 0.717) is 12.1 Å². The highest BCUT2D eigenvalue weighted by Crippen LogP contribution is 2.23. The smallest absolute Gasteiger partial charge is 0.329 e. The number of esters is 1. The number of carbonyl (C=O) groups excluding carboxylic acids is 2. The summed E-state index contributed by atoms with van der Waals surface area (Å²) in [6.45, 7) is 0.282. The van der Waals surface area contributed by atoms with Crippen LogP contribution in [-0.2, 0) is 22.5 Å². The lowest BCUT2D eigenvalue weighted by atomic mass is 10.0. The Labute approximate surface area is 121 Å². The number of aromatic amines is 1. The molecule has 0 aliphatic carbocycles. The lowest BCUT2D eigenvalue weighted by Gasteiger charge is -2.32. The van der Waals surface area contributed by atoms with E-state index < -0.39 is 12.0 Å². The number of H-pyrrole nitrogens is 1. The lowest BCUT2D eigenvalue weighted by Crippen LogP contribution is -2.49. The maximum Gasteiger partial charge on any atom is 0.329 e. The molecule has 1 unspecified atom stereocenters. The number of nitrogens with zero attached hydrogens (tertiary/aromatic N) is 3. The van der Waals surface area contributed by atoms with Crippen molar-refractivity contribution in [2.45, 2.75) is 19.0 Å². The van der Waals surface area contributed by atoms with Crippen LogP contribution in [0.1, 0.15) is 21.9 Å². The van der Waals surface area contributed by atoms with Gasteiger partial charge in [-0.25, -0.2) is 9.78 Å². The standard InChI is InChI=1S/C14H14N4O3/c1-21-14(20)12-6-10-11(17-8-16-10)7-18(12)13(19)9-4-2-3-5-15-9/h2-5,8,12H,6-7H2,1H3,(H,16,17). The molecule has 0 aromatic carbocycles. The molecule has 1 amide bonds. The summed E-state index contributed by atoms with van der Waals surface area (Å²) < 4.78 is 4.81. The third-order valence-electron chi connectivity index (χ3n) is 3.52. The number of fused-ring (bicyclic) bond motifs is 1. The molecule has 2 aromatic rings. The van der Waals surface area contributed by atoms with Crippen LogP contribution in [0.3, 0.4) is 0 Å². The molecule has 0 bridgehead atoms. The van der Waals surface area contributed by atoms with Gasteiger partial charge in [0.1, 0.15) is 11.7 Å². The summed E-state index contributed by atoms with van der Waals surface area (Å²) in [5.41, 5.74) is 1.92. The fraction of sp³-hybridized carbons (Fsp3) is 0.286. The van der Waals surface area contributed by atoms with Crippen LogP contribution in [0, 0.1) is 0 Å². The third kappa shape index (κ3) is 2.37. The zero-order chi connectivity index (χ0) is 14.8. The van der Waals surface area contributed by atoms with Crippen LogP contribution in [0.25, 0.3) is 0 Å². The average molecular weight is 286 g/mol. The molecule has 0 saturated heterocycles. The van der Waals surface area contributed by atoms with Crippen LogP contribution < -0.4 is 0 Å². The normalized spacial score (nSPS) is 17.2. The van der Waals surface area contributed by atoms with E-state index in [-0.39, 0.29) is 12.5 Å². The molecule has 7 nitrogen and oxygen atoms in total. The molecule has 0 radical (unpaired) electrons. The Bertz CT molecular complexity index is 668. The number of aromatic nitrogens is 3. The second-order valence-corrected chi connectivity index (χ2v) is 4.72. The van der Waals surface area contributed by atoms with E-state index in [1.807, 2.05) is 0 Å². The topological polar surface area (TPSA) is 88.2 Å². The minimum atomic E-state index is -0.680. The number of imidazole rings is 1. The van der Waals surface area contributed by atoms with Crippen molar-refractivity contribution in [1.82, 2.24) is 19.9 Å². The number of carbonyl (C=O) groups is 2. The molecule has 0 saturated carbocycles. The van der Waals surface area contributed by atoms with Crippen molar-refractivity contribution < 1.29 is 14.3 Å². The number of hydrogen-bond acceptors (Lipinski definition) is 5. The van der Waals surface area contributed by atoms with E-state index in [9.17, 15) is 9.59 Å². The van der Waals surface area contributed by atoms with Gasteiger partial charge in [0.25, 0.3) is 5.91 Å². The summed E-state index contributed by atoms with van der Waals surface area (Å²) in [5.74, 6) is -0.751. The fourth-order valence-corrected chi connectivity index (χ4v) is 2.43. The van der Waals surface area contributed by atoms with Crippen molar-refractivity contribution in [3.63, 3.8) is 0 Å². The van der Waals surface area contributed by atoms with Gasteiger partial charge >= 0.3 is 5.97 Å². The zero-order valence-electron chi connectivity index (χ0n) is 11.4. The first kappa shape index (κ1) is 13.3. The summed E-state index contributed by atoms with van der Waals surface area (Å²) in [6.07, 6.45) is 3.45. The van der Waals surface area contributed by atoms with Crippen LogP contribution >= 0.6 is 0 Å². The van der Waals surface area contributed by atoms with E-state index in [0.717, 1.165) is 11.4 Å². The van der Waals surface area contributed by atoms with Gasteiger partial charge in [-0.15, -0.1) is 0 Å². The maximum absolute atomic E-state index is 12.6. The summed E-state index contributed by atoms with van der Waals surface area (Å²) >= 11 is 0. The number of pyridine rings is 1. The second-order valence-electron chi connectivity index (χ2n) is 4.72. The number of hydrogen-bond donors (Lipinski definition) is 1. The first-order chi connectivity index (χ1) is 10.2. The zero-order valence-corrected chi connectivity index (χ0v) is 11.4. The van der Waals surface area contributed by atoms with Crippen molar-refractivity contribution in [1.29, 1.82) is 0 Å². The maximum atomic E-state index is 12.6. The van der Waals surface area contributed by atoms with Crippen molar-refractivity contribution in [2.75, 3.05) is 7.11 Å². The molecule has 2 aromatic heterocycles. The second kappa shape index (κ2) is 5.35. The molecule has 3 rings (SSSR count). The van der Waals surface area contributed by atoms with E-state index in [2.05, 4.69) is 15.0 Å². The van der Waals surface area contributed by atoms with Crippen LogP contribution in [0.15, 0.2) is 30.7 Å². The van der Waals surface area contributed by atoms with Gasteiger partial charge in [-0.3, -0.25) is 9.78 Å². The van der Waals surface area contributed by atoms with Crippen LogP contribution in [0.5, 0.6) is 0 Å². The number of methoxy groups -OCH3 is 1. The first-order valence-electron chi connectivity index (χ1n) is 6.51. The number of rotatable bonds is 2. The third-order valence-corrected chi connectivity index (χ3v) is 3.52. The molecule has 0 spiro atoms. The van der Waals surface area contributed by atoms with Crippen molar-refractivity contribution >= 4 is 11.9 Å². The Morgan fingerprint density at radius 1 is 1.38 bits per heavy atom. The molecular weight excluding hydrogens is 272 g/mol. The van der Waals surface area contributed by atoms with E-state index in [1.165, 1.54) is 12.0 Å². The highest BCUT2D eigenvalue weighted by molar-refractivity contribution is 5.95. The Morgan fingerprint density at radius 3 is 2.95 bits per heavy atom. The summed E-state index contributed by atoms with van der Waals surface area (Å²) in [7, 11) is 1.31. The fourth-order valence-electron chi connectivity index (χ4n) is 2.43. The highest BCUT2D eigenvalue weighted by atomic mass is 16.5. The molecular formula is C14H14N4O3. The van der Waals surface area contributed by atoms with Crippen molar-refractivity contribution in [2.24, 2.45) is 0 Å². The van der Waals surface area contributed by atoms with E-state index >= 15 is 0 Å². The SMILES string of the molecule is COC(=O)C1Cc2nc[nH]c2CN1C(=O)c1ccccn1. The van der Waals surface area contributed by atoms with Gasteiger partial charge in [0.2, 0.25) is 0 Å². The molecule has 3 heterocycles. The van der Waals surface area contributed by atoms with Gasteiger partial charge in [-0.2, -0.15) is 0 Å². The van der Waals surface area contributed by atoms with Gasteiger partial charge in [0, 0.05) is 12.6 Å². The van der Waals surface area contributed by atoms with E-state index in [1.54, 1.807) is 30.7 Å². The van der Waals surface area contributed by atoms with Gasteiger partial charge in [0.05, 0.1) is 31.4 Å². The predicted molar refractivity (Wildman–Crippen MR) is 72.2 cm³/mol. The molecule has 21 heavy (non-hydrogen) atoms. The molecule has 1 atom stereocenters. The Morgan fingerprint density at radius 2 is 2.24 bits per heavy atom. The molecule has 1 aliphatic heterocycles. The predicted octanol–water partition coefficient (Wildman–Crippen LogP) is 0.545. The van der Waals surface area contributed by atoms with E-state index in [4.69, 9.17) is 4.74 Å². The largest absolute Gasteiger partial charge is 0.467 e. The summed E-state index contributed by atoms with van der Waals surface area (Å²) in [4.78, 5) is 37.2. The minimum Gasteiger partial charge on any atom is -0.467 e. The van der Waals surface area contributed by atoms with Gasteiger partial charge in [0.15, 0.2) is 0 Å². The van der Waals surface area contributed by atoms with Gasteiger partial charge in [-0.1, -0.05) is 6.07 Å². The quantitative estimate of drug-likeness (QED) is 0.814. The van der Waals surface area contributed by atoms with Crippen molar-refractivity contribution in [3.05, 3.63) is 47.8 Å². The summed E-state index contributed by atoms with van der Waals surface area (Å²) in [5, 5.41) is 0. The van der Waals surface area contributed by atoms with Crippen LogP contribution in [0.4, 0.5) is 0 Å². The molecule has 1 N–H and O–H groups in total. The summed E-state index contributed by atoms with van der Waals surface area (Å²) in [6, 6.07) is 4.41. The number of ether oxygens (including phenoxy) is 1. The first-order valence-corrected chi connectivity index (χ1v) is 6.51. The minimum absolute atomic E-state index is 0.282. The van der Waals surface area contributed by atoms with Crippen LogP contribution in [0.2, 0.25) is 0 Å².